The monoisotopic (exact) mass is 308 g/mol. The highest BCUT2D eigenvalue weighted by Crippen LogP contribution is 2.30. The molecule has 1 unspecified atom stereocenters. The van der Waals surface area contributed by atoms with E-state index in [-0.39, 0.29) is 10.6 Å². The second-order valence-corrected chi connectivity index (χ2v) is 5.96. The van der Waals surface area contributed by atoms with Crippen LogP contribution in [0.5, 0.6) is 0 Å². The standard InChI is InChI=1S/C13H15F3O3S/c14-13(15,16)10-3-1-4-11(9-10)20(17)8-5-12-18-6-2-7-19-12/h1,3-4,9,12H,2,5-8H2. The zero-order valence-electron chi connectivity index (χ0n) is 10.7. The largest absolute Gasteiger partial charge is 0.416 e. The second kappa shape index (κ2) is 6.69. The van der Waals surface area contributed by atoms with Gasteiger partial charge in [-0.2, -0.15) is 13.2 Å². The van der Waals surface area contributed by atoms with E-state index >= 15 is 0 Å². The Bertz CT molecular complexity index is 470. The fourth-order valence-electron chi connectivity index (χ4n) is 1.84. The molecule has 0 amide bonds. The lowest BCUT2D eigenvalue weighted by atomic mass is 10.2. The first kappa shape index (κ1) is 15.5. The van der Waals surface area contributed by atoms with Gasteiger partial charge in [-0.3, -0.25) is 4.21 Å². The van der Waals surface area contributed by atoms with E-state index in [9.17, 15) is 17.4 Å². The fraction of sp³-hybridized carbons (Fsp3) is 0.538. The van der Waals surface area contributed by atoms with Crippen LogP contribution in [0.3, 0.4) is 0 Å². The smallest absolute Gasteiger partial charge is 0.353 e. The molecule has 112 valence electrons. The predicted molar refractivity (Wildman–Crippen MR) is 67.6 cm³/mol. The summed E-state index contributed by atoms with van der Waals surface area (Å²) < 4.78 is 60.3. The molecule has 1 atom stereocenters. The van der Waals surface area contributed by atoms with E-state index in [1.54, 1.807) is 0 Å². The number of hydrogen-bond acceptors (Lipinski definition) is 3. The zero-order valence-corrected chi connectivity index (χ0v) is 11.5. The quantitative estimate of drug-likeness (QED) is 0.858. The van der Waals surface area contributed by atoms with Gasteiger partial charge in [0.15, 0.2) is 6.29 Å². The molecule has 0 N–H and O–H groups in total. The van der Waals surface area contributed by atoms with Crippen LogP contribution in [0.1, 0.15) is 18.4 Å². The molecule has 0 radical (unpaired) electrons. The van der Waals surface area contributed by atoms with Crippen LogP contribution in [0.4, 0.5) is 13.2 Å². The normalized spacial score (nSPS) is 18.9. The van der Waals surface area contributed by atoms with Crippen molar-refractivity contribution in [3.05, 3.63) is 29.8 Å². The number of rotatable bonds is 4. The molecule has 1 aliphatic heterocycles. The molecule has 1 aliphatic rings. The molecule has 1 heterocycles. The summed E-state index contributed by atoms with van der Waals surface area (Å²) in [6.07, 6.45) is -3.59. The summed E-state index contributed by atoms with van der Waals surface area (Å²) in [6.45, 7) is 1.20. The van der Waals surface area contributed by atoms with Gasteiger partial charge in [0.1, 0.15) is 0 Å². The zero-order chi connectivity index (χ0) is 14.6. The highest BCUT2D eigenvalue weighted by molar-refractivity contribution is 7.85. The van der Waals surface area contributed by atoms with Crippen LogP contribution in [0.15, 0.2) is 29.2 Å². The Balaban J connectivity index is 1.95. The van der Waals surface area contributed by atoms with Crippen molar-refractivity contribution in [3.8, 4) is 0 Å². The summed E-state index contributed by atoms with van der Waals surface area (Å²) in [6, 6.07) is 4.60. The van der Waals surface area contributed by atoms with Gasteiger partial charge in [0.05, 0.1) is 29.6 Å². The summed E-state index contributed by atoms with van der Waals surface area (Å²) in [4.78, 5) is 0.177. The van der Waals surface area contributed by atoms with Crippen molar-refractivity contribution in [2.45, 2.75) is 30.2 Å². The second-order valence-electron chi connectivity index (χ2n) is 4.39. The molecule has 0 saturated carbocycles. The van der Waals surface area contributed by atoms with Crippen molar-refractivity contribution in [3.63, 3.8) is 0 Å². The van der Waals surface area contributed by atoms with Gasteiger partial charge < -0.3 is 9.47 Å². The van der Waals surface area contributed by atoms with Gasteiger partial charge in [-0.05, 0) is 24.6 Å². The molecule has 0 aromatic heterocycles. The first-order valence-corrected chi connectivity index (χ1v) is 7.57. The third-order valence-corrected chi connectivity index (χ3v) is 4.25. The average molecular weight is 308 g/mol. The Hall–Kier alpha value is -0.920. The molecule has 2 rings (SSSR count). The van der Waals surface area contributed by atoms with Crippen molar-refractivity contribution in [2.75, 3.05) is 19.0 Å². The Labute approximate surface area is 117 Å². The molecule has 1 fully saturated rings. The van der Waals surface area contributed by atoms with Gasteiger partial charge in [-0.15, -0.1) is 0 Å². The van der Waals surface area contributed by atoms with Crippen molar-refractivity contribution in [1.29, 1.82) is 0 Å². The maximum Gasteiger partial charge on any atom is 0.416 e. The van der Waals surface area contributed by atoms with Gasteiger partial charge in [0.2, 0.25) is 0 Å². The molecule has 0 spiro atoms. The molecule has 1 saturated heterocycles. The summed E-state index contributed by atoms with van der Waals surface area (Å²) in [7, 11) is -1.49. The Morgan fingerprint density at radius 3 is 2.60 bits per heavy atom. The highest BCUT2D eigenvalue weighted by atomic mass is 32.2. The summed E-state index contributed by atoms with van der Waals surface area (Å²) in [5, 5.41) is 0. The summed E-state index contributed by atoms with van der Waals surface area (Å²) in [5.41, 5.74) is -0.784. The first-order chi connectivity index (χ1) is 9.47. The van der Waals surface area contributed by atoms with E-state index in [2.05, 4.69) is 0 Å². The first-order valence-electron chi connectivity index (χ1n) is 6.25. The van der Waals surface area contributed by atoms with Gasteiger partial charge in [-0.25, -0.2) is 0 Å². The van der Waals surface area contributed by atoms with Crippen LogP contribution in [0, 0.1) is 0 Å². The van der Waals surface area contributed by atoms with E-state index in [0.29, 0.717) is 19.6 Å². The molecule has 20 heavy (non-hydrogen) atoms. The van der Waals surface area contributed by atoms with Gasteiger partial charge in [0, 0.05) is 17.1 Å². The molecule has 1 aromatic rings. The SMILES string of the molecule is O=S(CCC1OCCCO1)c1cccc(C(F)(F)F)c1. The molecule has 0 aliphatic carbocycles. The van der Waals surface area contributed by atoms with Gasteiger partial charge >= 0.3 is 6.18 Å². The van der Waals surface area contributed by atoms with Crippen LogP contribution in [-0.4, -0.2) is 29.5 Å². The van der Waals surface area contributed by atoms with E-state index in [0.717, 1.165) is 18.6 Å². The molecule has 3 nitrogen and oxygen atoms in total. The Morgan fingerprint density at radius 1 is 1.25 bits per heavy atom. The lowest BCUT2D eigenvalue weighted by Gasteiger charge is -2.22. The average Bonchev–Trinajstić information content (AvgIpc) is 2.45. The molecule has 1 aromatic carbocycles. The van der Waals surface area contributed by atoms with Crippen molar-refractivity contribution in [1.82, 2.24) is 0 Å². The molecular weight excluding hydrogens is 293 g/mol. The van der Waals surface area contributed by atoms with E-state index < -0.39 is 28.8 Å². The number of hydrogen-bond donors (Lipinski definition) is 0. The van der Waals surface area contributed by atoms with Crippen molar-refractivity contribution in [2.24, 2.45) is 0 Å². The predicted octanol–water partition coefficient (Wildman–Crippen LogP) is 2.97. The number of benzene rings is 1. The maximum absolute atomic E-state index is 12.6. The molecule has 7 heteroatoms. The third-order valence-electron chi connectivity index (χ3n) is 2.86. The van der Waals surface area contributed by atoms with Crippen molar-refractivity contribution >= 4 is 10.8 Å². The van der Waals surface area contributed by atoms with E-state index in [1.165, 1.54) is 12.1 Å². The minimum atomic E-state index is -4.42. The summed E-state index contributed by atoms with van der Waals surface area (Å²) in [5.74, 6) is 0.214. The lowest BCUT2D eigenvalue weighted by molar-refractivity contribution is -0.178. The minimum Gasteiger partial charge on any atom is -0.353 e. The van der Waals surface area contributed by atoms with Gasteiger partial charge in [-0.1, -0.05) is 6.07 Å². The minimum absolute atomic E-state index is 0.177. The topological polar surface area (TPSA) is 35.5 Å². The van der Waals surface area contributed by atoms with Crippen LogP contribution < -0.4 is 0 Å². The number of ether oxygens (including phenoxy) is 2. The molecule has 0 bridgehead atoms. The highest BCUT2D eigenvalue weighted by Gasteiger charge is 2.30. The van der Waals surface area contributed by atoms with Crippen LogP contribution >= 0.6 is 0 Å². The van der Waals surface area contributed by atoms with E-state index in [1.807, 2.05) is 0 Å². The Kier molecular flexibility index (Phi) is 5.17. The van der Waals surface area contributed by atoms with Crippen molar-refractivity contribution < 1.29 is 26.9 Å². The third kappa shape index (κ3) is 4.29. The molecular formula is C13H15F3O3S. The van der Waals surface area contributed by atoms with Crippen LogP contribution in [0.25, 0.3) is 0 Å². The Morgan fingerprint density at radius 2 is 1.95 bits per heavy atom. The summed E-state index contributed by atoms with van der Waals surface area (Å²) >= 11 is 0. The fourth-order valence-corrected chi connectivity index (χ4v) is 2.97. The number of alkyl halides is 3. The van der Waals surface area contributed by atoms with Gasteiger partial charge in [0.25, 0.3) is 0 Å². The lowest BCUT2D eigenvalue weighted by Crippen LogP contribution is -2.26. The van der Waals surface area contributed by atoms with E-state index in [4.69, 9.17) is 9.47 Å². The van der Waals surface area contributed by atoms with Crippen LogP contribution in [0.2, 0.25) is 0 Å². The number of halogens is 3. The maximum atomic E-state index is 12.6. The van der Waals surface area contributed by atoms with Crippen LogP contribution in [-0.2, 0) is 26.4 Å².